The molecule has 0 aliphatic carbocycles. The number of rotatable bonds is 10. The van der Waals surface area contributed by atoms with Gasteiger partial charge >= 0.3 is 0 Å². The van der Waals surface area contributed by atoms with Crippen LogP contribution in [0, 0.1) is 0 Å². The van der Waals surface area contributed by atoms with E-state index in [4.69, 9.17) is 9.26 Å². The molecule has 0 amide bonds. The fourth-order valence-electron chi connectivity index (χ4n) is 3.59. The van der Waals surface area contributed by atoms with E-state index in [0.717, 1.165) is 69.3 Å². The average molecular weight is 394 g/mol. The maximum atomic E-state index is 5.66. The van der Waals surface area contributed by atoms with Crippen molar-refractivity contribution in [3.8, 4) is 0 Å². The molecule has 7 nitrogen and oxygen atoms in total. The third-order valence-corrected chi connectivity index (χ3v) is 5.42. The number of hydrogen-bond donors (Lipinski definition) is 2. The molecule has 0 unspecified atom stereocenters. The number of ether oxygens (including phenoxy) is 1. The second kappa shape index (κ2) is 12.1. The zero-order valence-corrected chi connectivity index (χ0v) is 18.3. The van der Waals surface area contributed by atoms with Crippen LogP contribution >= 0.6 is 0 Å². The molecular formula is C21H39N5O2. The molecule has 2 heterocycles. The van der Waals surface area contributed by atoms with E-state index in [2.05, 4.69) is 59.4 Å². The van der Waals surface area contributed by atoms with Gasteiger partial charge in [0, 0.05) is 44.7 Å². The number of nitrogens with one attached hydrogen (secondary N) is 2. The summed E-state index contributed by atoms with van der Waals surface area (Å²) in [5.41, 5.74) is 1.05. The molecule has 160 valence electrons. The Balaban J connectivity index is 1.71. The largest absolute Gasteiger partial charge is 0.377 e. The number of nitrogens with zero attached hydrogens (tertiary/aromatic N) is 3. The lowest BCUT2D eigenvalue weighted by molar-refractivity contribution is 0.0532. The van der Waals surface area contributed by atoms with Crippen LogP contribution in [0.1, 0.15) is 70.8 Å². The Morgan fingerprint density at radius 1 is 1.32 bits per heavy atom. The van der Waals surface area contributed by atoms with Gasteiger partial charge in [-0.15, -0.1) is 0 Å². The minimum Gasteiger partial charge on any atom is -0.377 e. The van der Waals surface area contributed by atoms with E-state index in [1.807, 2.05) is 7.05 Å². The van der Waals surface area contributed by atoms with E-state index in [9.17, 15) is 0 Å². The highest BCUT2D eigenvalue weighted by Gasteiger charge is 2.20. The van der Waals surface area contributed by atoms with Crippen LogP contribution in [0.3, 0.4) is 0 Å². The van der Waals surface area contributed by atoms with Gasteiger partial charge in [-0.2, -0.15) is 0 Å². The fraction of sp³-hybridized carbons (Fsp3) is 0.810. The van der Waals surface area contributed by atoms with Gasteiger partial charge in [0.15, 0.2) is 11.7 Å². The number of likely N-dealkylation sites (tertiary alicyclic amines) is 1. The third-order valence-electron chi connectivity index (χ3n) is 5.42. The minimum absolute atomic E-state index is 0.309. The number of aliphatic imine (C=N–C) groups is 1. The summed E-state index contributed by atoms with van der Waals surface area (Å²) in [4.78, 5) is 6.84. The second-order valence-electron chi connectivity index (χ2n) is 7.84. The van der Waals surface area contributed by atoms with Gasteiger partial charge in [0.25, 0.3) is 0 Å². The smallest absolute Gasteiger partial charge is 0.191 e. The van der Waals surface area contributed by atoms with Crippen LogP contribution in [-0.2, 0) is 11.3 Å². The van der Waals surface area contributed by atoms with Gasteiger partial charge in [0.2, 0.25) is 0 Å². The van der Waals surface area contributed by atoms with Crippen molar-refractivity contribution >= 4 is 5.96 Å². The lowest BCUT2D eigenvalue weighted by atomic mass is 9.99. The number of aromatic nitrogens is 1. The maximum Gasteiger partial charge on any atom is 0.191 e. The SMILES string of the molecule is CCC(CC)c1cc(CNC(=NC)NC2CCN(CCOC(C)C)CC2)on1. The molecule has 0 bridgehead atoms. The summed E-state index contributed by atoms with van der Waals surface area (Å²) in [6.07, 6.45) is 4.71. The van der Waals surface area contributed by atoms with Crippen LogP contribution in [0.25, 0.3) is 0 Å². The first-order chi connectivity index (χ1) is 13.5. The van der Waals surface area contributed by atoms with E-state index in [0.29, 0.717) is 24.6 Å². The highest BCUT2D eigenvalue weighted by atomic mass is 16.5. The molecule has 0 spiro atoms. The number of hydrogen-bond acceptors (Lipinski definition) is 5. The molecule has 28 heavy (non-hydrogen) atoms. The van der Waals surface area contributed by atoms with E-state index < -0.39 is 0 Å². The predicted octanol–water partition coefficient (Wildman–Crippen LogP) is 3.13. The molecule has 7 heteroatoms. The fourth-order valence-corrected chi connectivity index (χ4v) is 3.59. The van der Waals surface area contributed by atoms with Crippen LogP contribution in [0.2, 0.25) is 0 Å². The van der Waals surface area contributed by atoms with Gasteiger partial charge in [-0.1, -0.05) is 19.0 Å². The summed E-state index contributed by atoms with van der Waals surface area (Å²) in [6, 6.07) is 2.51. The van der Waals surface area contributed by atoms with Crippen molar-refractivity contribution < 1.29 is 9.26 Å². The summed E-state index contributed by atoms with van der Waals surface area (Å²) in [7, 11) is 1.81. The molecule has 1 aromatic rings. The first-order valence-corrected chi connectivity index (χ1v) is 10.8. The monoisotopic (exact) mass is 393 g/mol. The second-order valence-corrected chi connectivity index (χ2v) is 7.84. The van der Waals surface area contributed by atoms with E-state index >= 15 is 0 Å². The Kier molecular flexibility index (Phi) is 9.78. The van der Waals surface area contributed by atoms with Crippen LogP contribution in [0.5, 0.6) is 0 Å². The lowest BCUT2D eigenvalue weighted by Crippen LogP contribution is -2.48. The van der Waals surface area contributed by atoms with Crippen LogP contribution in [0.15, 0.2) is 15.6 Å². The van der Waals surface area contributed by atoms with Crippen molar-refractivity contribution in [1.82, 2.24) is 20.7 Å². The summed E-state index contributed by atoms with van der Waals surface area (Å²) >= 11 is 0. The zero-order valence-electron chi connectivity index (χ0n) is 18.3. The summed E-state index contributed by atoms with van der Waals surface area (Å²) in [5.74, 6) is 2.15. The van der Waals surface area contributed by atoms with Crippen molar-refractivity contribution in [3.63, 3.8) is 0 Å². The van der Waals surface area contributed by atoms with E-state index in [-0.39, 0.29) is 0 Å². The van der Waals surface area contributed by atoms with Gasteiger partial charge < -0.3 is 24.8 Å². The highest BCUT2D eigenvalue weighted by Crippen LogP contribution is 2.22. The Morgan fingerprint density at radius 3 is 2.64 bits per heavy atom. The Hall–Kier alpha value is -1.60. The van der Waals surface area contributed by atoms with Crippen molar-refractivity contribution in [2.45, 2.75) is 78.0 Å². The Bertz CT molecular complexity index is 575. The molecule has 0 aromatic carbocycles. The van der Waals surface area contributed by atoms with Gasteiger partial charge in [-0.25, -0.2) is 0 Å². The van der Waals surface area contributed by atoms with Crippen LogP contribution < -0.4 is 10.6 Å². The van der Waals surface area contributed by atoms with Gasteiger partial charge in [0.05, 0.1) is 24.9 Å². The minimum atomic E-state index is 0.309. The van der Waals surface area contributed by atoms with Gasteiger partial charge in [0.1, 0.15) is 0 Å². The molecule has 1 fully saturated rings. The lowest BCUT2D eigenvalue weighted by Gasteiger charge is -2.33. The summed E-state index contributed by atoms with van der Waals surface area (Å²) < 4.78 is 11.1. The molecule has 0 saturated carbocycles. The first kappa shape index (κ1) is 22.7. The molecule has 0 atom stereocenters. The van der Waals surface area contributed by atoms with E-state index in [1.54, 1.807) is 0 Å². The first-order valence-electron chi connectivity index (χ1n) is 10.8. The Morgan fingerprint density at radius 2 is 2.04 bits per heavy atom. The molecule has 1 aromatic heterocycles. The normalized spacial score (nSPS) is 16.9. The molecule has 1 aliphatic heterocycles. The zero-order chi connectivity index (χ0) is 20.4. The molecule has 0 radical (unpaired) electrons. The molecule has 2 N–H and O–H groups in total. The number of guanidine groups is 1. The molecule has 2 rings (SSSR count). The maximum absolute atomic E-state index is 5.66. The van der Waals surface area contributed by atoms with Crippen molar-refractivity contribution in [3.05, 3.63) is 17.5 Å². The topological polar surface area (TPSA) is 74.9 Å². The highest BCUT2D eigenvalue weighted by molar-refractivity contribution is 5.79. The molecular weight excluding hydrogens is 354 g/mol. The van der Waals surface area contributed by atoms with Gasteiger partial charge in [-0.3, -0.25) is 4.99 Å². The van der Waals surface area contributed by atoms with Gasteiger partial charge in [-0.05, 0) is 39.5 Å². The average Bonchev–Trinajstić information content (AvgIpc) is 3.16. The van der Waals surface area contributed by atoms with Crippen molar-refractivity contribution in [2.24, 2.45) is 4.99 Å². The van der Waals surface area contributed by atoms with Crippen molar-refractivity contribution in [1.29, 1.82) is 0 Å². The predicted molar refractivity (Wildman–Crippen MR) is 114 cm³/mol. The third kappa shape index (κ3) is 7.43. The van der Waals surface area contributed by atoms with Crippen LogP contribution in [0.4, 0.5) is 0 Å². The quantitative estimate of drug-likeness (QED) is 0.470. The summed E-state index contributed by atoms with van der Waals surface area (Å²) in [6.45, 7) is 13.2. The molecule has 1 aliphatic rings. The van der Waals surface area contributed by atoms with Crippen molar-refractivity contribution in [2.75, 3.05) is 33.3 Å². The van der Waals surface area contributed by atoms with Crippen LogP contribution in [-0.4, -0.2) is 61.5 Å². The van der Waals surface area contributed by atoms with E-state index in [1.165, 1.54) is 0 Å². The summed E-state index contributed by atoms with van der Waals surface area (Å²) in [5, 5.41) is 11.1. The Labute approximate surface area is 170 Å². The molecule has 1 saturated heterocycles. The number of piperidine rings is 1. The standard InChI is InChI=1S/C21H39N5O2/c1-6-17(7-2)20-14-19(28-25-20)15-23-21(22-5)24-18-8-10-26(11-9-18)12-13-27-16(3)4/h14,16-18H,6-13,15H2,1-5H3,(H2,22,23,24).